The molecule has 1 saturated heterocycles. The second-order valence-electron chi connectivity index (χ2n) is 4.96. The summed E-state index contributed by atoms with van der Waals surface area (Å²) in [5.41, 5.74) is -0.481. The van der Waals surface area contributed by atoms with Crippen LogP contribution < -0.4 is 10.6 Å². The topological polar surface area (TPSA) is 64.9 Å². The van der Waals surface area contributed by atoms with E-state index in [0.29, 0.717) is 12.5 Å². The van der Waals surface area contributed by atoms with Crippen molar-refractivity contribution in [2.45, 2.75) is 20.8 Å². The van der Waals surface area contributed by atoms with Crippen LogP contribution in [0.2, 0.25) is 0 Å². The van der Waals surface area contributed by atoms with Gasteiger partial charge < -0.3 is 10.6 Å². The maximum Gasteiger partial charge on any atom is 0.224 e. The maximum absolute atomic E-state index is 11.8. The van der Waals surface area contributed by atoms with E-state index in [1.54, 1.807) is 0 Å². The van der Waals surface area contributed by atoms with Crippen LogP contribution in [-0.2, 0) is 4.79 Å². The molecule has 4 nitrogen and oxygen atoms in total. The molecule has 1 heterocycles. The molecule has 1 amide bonds. The van der Waals surface area contributed by atoms with Crippen LogP contribution >= 0.6 is 0 Å². The molecule has 0 aromatic heterocycles. The van der Waals surface area contributed by atoms with Crippen molar-refractivity contribution in [3.63, 3.8) is 0 Å². The minimum absolute atomic E-state index is 0.0551. The van der Waals surface area contributed by atoms with Crippen LogP contribution in [0.3, 0.4) is 0 Å². The standard InChI is InChI=1S/C11H19N3O/c1-8-4-13-5-9(8)10(15)14-7-11(2,3)6-12/h8-9,13H,4-5,7H2,1-3H3,(H,14,15)/t8-,9-/m1/s1. The highest BCUT2D eigenvalue weighted by atomic mass is 16.1. The van der Waals surface area contributed by atoms with E-state index in [1.165, 1.54) is 0 Å². The third-order valence-corrected chi connectivity index (χ3v) is 2.86. The lowest BCUT2D eigenvalue weighted by Crippen LogP contribution is -2.39. The van der Waals surface area contributed by atoms with E-state index in [4.69, 9.17) is 5.26 Å². The summed E-state index contributed by atoms with van der Waals surface area (Å²) in [6.07, 6.45) is 0. The first-order chi connectivity index (χ1) is 6.96. The van der Waals surface area contributed by atoms with Gasteiger partial charge in [-0.3, -0.25) is 4.79 Å². The monoisotopic (exact) mass is 209 g/mol. The molecule has 0 aromatic rings. The van der Waals surface area contributed by atoms with Crippen molar-refractivity contribution in [1.29, 1.82) is 5.26 Å². The quantitative estimate of drug-likeness (QED) is 0.711. The van der Waals surface area contributed by atoms with Gasteiger partial charge >= 0.3 is 0 Å². The summed E-state index contributed by atoms with van der Waals surface area (Å²) >= 11 is 0. The Bertz CT molecular complexity index is 280. The Balaban J connectivity index is 2.40. The van der Waals surface area contributed by atoms with Crippen LogP contribution in [0.25, 0.3) is 0 Å². The van der Waals surface area contributed by atoms with E-state index in [-0.39, 0.29) is 11.8 Å². The van der Waals surface area contributed by atoms with Crippen LogP contribution in [0, 0.1) is 28.6 Å². The first-order valence-corrected chi connectivity index (χ1v) is 5.36. The van der Waals surface area contributed by atoms with Gasteiger partial charge in [0.1, 0.15) is 0 Å². The van der Waals surface area contributed by atoms with E-state index in [9.17, 15) is 4.79 Å². The molecule has 2 atom stereocenters. The summed E-state index contributed by atoms with van der Waals surface area (Å²) in [4.78, 5) is 11.8. The van der Waals surface area contributed by atoms with Crippen molar-refractivity contribution in [2.24, 2.45) is 17.3 Å². The predicted octanol–water partition coefficient (Wildman–Crippen LogP) is 0.508. The molecule has 1 aliphatic heterocycles. The van der Waals surface area contributed by atoms with Gasteiger partial charge in [0, 0.05) is 13.1 Å². The number of nitrogens with zero attached hydrogens (tertiary/aromatic N) is 1. The Morgan fingerprint density at radius 1 is 1.60 bits per heavy atom. The molecule has 1 aliphatic rings. The summed E-state index contributed by atoms with van der Waals surface area (Å²) in [6.45, 7) is 7.79. The molecule has 0 radical (unpaired) electrons. The van der Waals surface area contributed by atoms with Gasteiger partial charge in [-0.05, 0) is 26.3 Å². The number of hydrogen-bond acceptors (Lipinski definition) is 3. The van der Waals surface area contributed by atoms with Crippen molar-refractivity contribution in [3.05, 3.63) is 0 Å². The number of nitrogens with one attached hydrogen (secondary N) is 2. The minimum atomic E-state index is -0.481. The van der Waals surface area contributed by atoms with Gasteiger partial charge in [0.25, 0.3) is 0 Å². The second-order valence-corrected chi connectivity index (χ2v) is 4.96. The highest BCUT2D eigenvalue weighted by molar-refractivity contribution is 5.79. The molecule has 4 heteroatoms. The fraction of sp³-hybridized carbons (Fsp3) is 0.818. The Morgan fingerprint density at radius 2 is 2.27 bits per heavy atom. The molecule has 1 rings (SSSR count). The number of carbonyl (C=O) groups excluding carboxylic acids is 1. The van der Waals surface area contributed by atoms with Gasteiger partial charge in [0.2, 0.25) is 5.91 Å². The van der Waals surface area contributed by atoms with Crippen molar-refractivity contribution in [3.8, 4) is 6.07 Å². The SMILES string of the molecule is C[C@@H]1CNC[C@H]1C(=O)NCC(C)(C)C#N. The van der Waals surface area contributed by atoms with Crippen molar-refractivity contribution in [1.82, 2.24) is 10.6 Å². The van der Waals surface area contributed by atoms with Crippen LogP contribution in [0.5, 0.6) is 0 Å². The molecule has 0 aromatic carbocycles. The molecule has 0 spiro atoms. The van der Waals surface area contributed by atoms with E-state index < -0.39 is 5.41 Å². The number of carbonyl (C=O) groups is 1. The normalized spacial score (nSPS) is 26.0. The third kappa shape index (κ3) is 3.21. The summed E-state index contributed by atoms with van der Waals surface area (Å²) < 4.78 is 0. The van der Waals surface area contributed by atoms with Crippen LogP contribution in [0.15, 0.2) is 0 Å². The van der Waals surface area contributed by atoms with Gasteiger partial charge in [-0.1, -0.05) is 6.92 Å². The highest BCUT2D eigenvalue weighted by Gasteiger charge is 2.30. The van der Waals surface area contributed by atoms with E-state index in [0.717, 1.165) is 13.1 Å². The molecular formula is C11H19N3O. The number of rotatable bonds is 3. The summed E-state index contributed by atoms with van der Waals surface area (Å²) in [7, 11) is 0. The maximum atomic E-state index is 11.8. The Hall–Kier alpha value is -1.08. The molecule has 0 aliphatic carbocycles. The van der Waals surface area contributed by atoms with Gasteiger partial charge in [-0.15, -0.1) is 0 Å². The molecule has 2 N–H and O–H groups in total. The zero-order valence-corrected chi connectivity index (χ0v) is 9.63. The average molecular weight is 209 g/mol. The summed E-state index contributed by atoms with van der Waals surface area (Å²) in [6, 6.07) is 2.17. The molecule has 0 unspecified atom stereocenters. The van der Waals surface area contributed by atoms with Crippen LogP contribution in [0.4, 0.5) is 0 Å². The number of nitriles is 1. The van der Waals surface area contributed by atoms with Crippen LogP contribution in [-0.4, -0.2) is 25.5 Å². The van der Waals surface area contributed by atoms with Crippen molar-refractivity contribution < 1.29 is 4.79 Å². The third-order valence-electron chi connectivity index (χ3n) is 2.86. The Kier molecular flexibility index (Phi) is 3.70. The molecule has 0 bridgehead atoms. The Morgan fingerprint density at radius 3 is 2.73 bits per heavy atom. The highest BCUT2D eigenvalue weighted by Crippen LogP contribution is 2.17. The van der Waals surface area contributed by atoms with E-state index in [2.05, 4.69) is 23.6 Å². The lowest BCUT2D eigenvalue weighted by molar-refractivity contribution is -0.125. The summed E-state index contributed by atoms with van der Waals surface area (Å²) in [5, 5.41) is 14.8. The van der Waals surface area contributed by atoms with Crippen molar-refractivity contribution >= 4 is 5.91 Å². The van der Waals surface area contributed by atoms with Crippen LogP contribution in [0.1, 0.15) is 20.8 Å². The predicted molar refractivity (Wildman–Crippen MR) is 57.9 cm³/mol. The zero-order chi connectivity index (χ0) is 11.5. The van der Waals surface area contributed by atoms with E-state index >= 15 is 0 Å². The number of amides is 1. The molecule has 84 valence electrons. The molecule has 1 fully saturated rings. The second kappa shape index (κ2) is 4.63. The largest absolute Gasteiger partial charge is 0.354 e. The fourth-order valence-corrected chi connectivity index (χ4v) is 1.64. The van der Waals surface area contributed by atoms with Gasteiger partial charge in [-0.25, -0.2) is 0 Å². The summed E-state index contributed by atoms with van der Waals surface area (Å²) in [5.74, 6) is 0.505. The van der Waals surface area contributed by atoms with E-state index in [1.807, 2.05) is 13.8 Å². The average Bonchev–Trinajstić information content (AvgIpc) is 2.61. The van der Waals surface area contributed by atoms with Gasteiger partial charge in [-0.2, -0.15) is 5.26 Å². The van der Waals surface area contributed by atoms with Gasteiger partial charge in [0.05, 0.1) is 17.4 Å². The molecular weight excluding hydrogens is 190 g/mol. The lowest BCUT2D eigenvalue weighted by Gasteiger charge is -2.19. The fourth-order valence-electron chi connectivity index (χ4n) is 1.64. The smallest absolute Gasteiger partial charge is 0.224 e. The minimum Gasteiger partial charge on any atom is -0.354 e. The number of hydrogen-bond donors (Lipinski definition) is 2. The van der Waals surface area contributed by atoms with Gasteiger partial charge in [0.15, 0.2) is 0 Å². The molecule has 15 heavy (non-hydrogen) atoms. The first-order valence-electron chi connectivity index (χ1n) is 5.36. The Labute approximate surface area is 91.0 Å². The molecule has 0 saturated carbocycles. The zero-order valence-electron chi connectivity index (χ0n) is 9.63. The lowest BCUT2D eigenvalue weighted by atomic mass is 9.94. The van der Waals surface area contributed by atoms with Crippen molar-refractivity contribution in [2.75, 3.05) is 19.6 Å². The first kappa shape index (κ1) is 12.0.